The smallest absolute Gasteiger partial charge is 0.243 e. The number of ether oxygens (including phenoxy) is 1. The standard InChI is InChI=1S/C11H15FN2O2/c1-7(11(15)14(2)13)9-6-8(12)4-5-10(9)16-3/h4-7H,13H2,1-3H3. The molecule has 0 aliphatic rings. The molecule has 5 heteroatoms. The van der Waals surface area contributed by atoms with Gasteiger partial charge in [0.1, 0.15) is 11.6 Å². The summed E-state index contributed by atoms with van der Waals surface area (Å²) in [5, 5.41) is 0.981. The Kier molecular flexibility index (Phi) is 3.84. The molecule has 0 bridgehead atoms. The highest BCUT2D eigenvalue weighted by molar-refractivity contribution is 5.83. The highest BCUT2D eigenvalue weighted by atomic mass is 19.1. The Hall–Kier alpha value is -1.62. The Morgan fingerprint density at radius 2 is 2.19 bits per heavy atom. The average Bonchev–Trinajstić information content (AvgIpc) is 2.26. The molecule has 0 heterocycles. The Balaban J connectivity index is 3.11. The lowest BCUT2D eigenvalue weighted by molar-refractivity contribution is -0.131. The van der Waals surface area contributed by atoms with E-state index in [2.05, 4.69) is 0 Å². The molecule has 0 aliphatic heterocycles. The van der Waals surface area contributed by atoms with Crippen LogP contribution in [-0.4, -0.2) is 25.1 Å². The van der Waals surface area contributed by atoms with Crippen LogP contribution in [0.5, 0.6) is 5.75 Å². The van der Waals surface area contributed by atoms with Gasteiger partial charge in [0, 0.05) is 12.6 Å². The van der Waals surface area contributed by atoms with Gasteiger partial charge in [-0.1, -0.05) is 0 Å². The maximum Gasteiger partial charge on any atom is 0.243 e. The Morgan fingerprint density at radius 3 is 2.69 bits per heavy atom. The fraction of sp³-hybridized carbons (Fsp3) is 0.364. The molecule has 0 radical (unpaired) electrons. The lowest BCUT2D eigenvalue weighted by Gasteiger charge is -2.18. The minimum atomic E-state index is -0.541. The number of hydrogen-bond donors (Lipinski definition) is 1. The van der Waals surface area contributed by atoms with E-state index in [1.54, 1.807) is 6.92 Å². The van der Waals surface area contributed by atoms with Gasteiger partial charge in [-0.05, 0) is 25.1 Å². The summed E-state index contributed by atoms with van der Waals surface area (Å²) in [4.78, 5) is 11.6. The molecule has 2 N–H and O–H groups in total. The molecule has 0 saturated heterocycles. The maximum atomic E-state index is 13.1. The first-order valence-corrected chi connectivity index (χ1v) is 4.83. The quantitative estimate of drug-likeness (QED) is 0.479. The van der Waals surface area contributed by atoms with Crippen LogP contribution in [0.4, 0.5) is 4.39 Å². The number of nitrogens with two attached hydrogens (primary N) is 1. The van der Waals surface area contributed by atoms with Crippen molar-refractivity contribution < 1.29 is 13.9 Å². The highest BCUT2D eigenvalue weighted by Crippen LogP contribution is 2.28. The summed E-state index contributed by atoms with van der Waals surface area (Å²) < 4.78 is 18.2. The van der Waals surface area contributed by atoms with Crippen molar-refractivity contribution in [3.63, 3.8) is 0 Å². The molecule has 4 nitrogen and oxygen atoms in total. The maximum absolute atomic E-state index is 13.1. The molecular formula is C11H15FN2O2. The van der Waals surface area contributed by atoms with Crippen molar-refractivity contribution in [3.05, 3.63) is 29.6 Å². The van der Waals surface area contributed by atoms with E-state index in [9.17, 15) is 9.18 Å². The monoisotopic (exact) mass is 226 g/mol. The van der Waals surface area contributed by atoms with Crippen molar-refractivity contribution in [2.24, 2.45) is 5.84 Å². The van der Waals surface area contributed by atoms with E-state index < -0.39 is 11.7 Å². The number of benzene rings is 1. The summed E-state index contributed by atoms with van der Waals surface area (Å²) >= 11 is 0. The van der Waals surface area contributed by atoms with Crippen molar-refractivity contribution >= 4 is 5.91 Å². The Bertz CT molecular complexity index is 394. The molecule has 0 saturated carbocycles. The third-order valence-electron chi connectivity index (χ3n) is 2.38. The first-order valence-electron chi connectivity index (χ1n) is 4.83. The summed E-state index contributed by atoms with van der Waals surface area (Å²) in [7, 11) is 2.92. The molecular weight excluding hydrogens is 211 g/mol. The summed E-state index contributed by atoms with van der Waals surface area (Å²) in [6.45, 7) is 1.66. The molecule has 1 unspecified atom stereocenters. The number of methoxy groups -OCH3 is 1. The zero-order valence-electron chi connectivity index (χ0n) is 9.53. The number of halogens is 1. The van der Waals surface area contributed by atoms with Crippen LogP contribution in [0, 0.1) is 5.82 Å². The van der Waals surface area contributed by atoms with Gasteiger partial charge in [0.15, 0.2) is 0 Å². The van der Waals surface area contributed by atoms with E-state index in [1.165, 1.54) is 32.4 Å². The number of amides is 1. The van der Waals surface area contributed by atoms with Crippen LogP contribution in [-0.2, 0) is 4.79 Å². The van der Waals surface area contributed by atoms with E-state index >= 15 is 0 Å². The topological polar surface area (TPSA) is 55.6 Å². The fourth-order valence-corrected chi connectivity index (χ4v) is 1.48. The van der Waals surface area contributed by atoms with Crippen molar-refractivity contribution in [1.29, 1.82) is 0 Å². The molecule has 1 aromatic rings. The summed E-state index contributed by atoms with van der Waals surface area (Å²) in [6.07, 6.45) is 0. The molecule has 0 spiro atoms. The summed E-state index contributed by atoms with van der Waals surface area (Å²) in [6, 6.07) is 4.06. The second-order valence-electron chi connectivity index (χ2n) is 3.56. The van der Waals surface area contributed by atoms with Gasteiger partial charge in [0.2, 0.25) is 5.91 Å². The summed E-state index contributed by atoms with van der Waals surface area (Å²) in [5.41, 5.74) is 0.491. The minimum absolute atomic E-state index is 0.302. The first-order chi connectivity index (χ1) is 7.47. The van der Waals surface area contributed by atoms with Crippen molar-refractivity contribution in [1.82, 2.24) is 5.01 Å². The minimum Gasteiger partial charge on any atom is -0.496 e. The second kappa shape index (κ2) is 4.94. The third kappa shape index (κ3) is 2.49. The molecule has 0 aromatic heterocycles. The molecule has 1 rings (SSSR count). The normalized spacial score (nSPS) is 12.1. The molecule has 1 aromatic carbocycles. The Labute approximate surface area is 93.8 Å². The van der Waals surface area contributed by atoms with E-state index in [0.717, 1.165) is 5.01 Å². The molecule has 1 amide bonds. The number of carbonyl (C=O) groups is 1. The lowest BCUT2D eigenvalue weighted by atomic mass is 9.99. The Morgan fingerprint density at radius 1 is 1.56 bits per heavy atom. The first kappa shape index (κ1) is 12.4. The van der Waals surface area contributed by atoms with E-state index in [-0.39, 0.29) is 5.91 Å². The predicted octanol–water partition coefficient (Wildman–Crippen LogP) is 1.27. The zero-order valence-corrected chi connectivity index (χ0v) is 9.53. The number of hydrazine groups is 1. The van der Waals surface area contributed by atoms with Crippen LogP contribution < -0.4 is 10.6 Å². The van der Waals surface area contributed by atoms with Crippen LogP contribution in [0.25, 0.3) is 0 Å². The second-order valence-corrected chi connectivity index (χ2v) is 3.56. The third-order valence-corrected chi connectivity index (χ3v) is 2.38. The van der Waals surface area contributed by atoms with Crippen LogP contribution >= 0.6 is 0 Å². The van der Waals surface area contributed by atoms with Crippen LogP contribution in [0.15, 0.2) is 18.2 Å². The number of carbonyl (C=O) groups excluding carboxylic acids is 1. The molecule has 0 fully saturated rings. The lowest BCUT2D eigenvalue weighted by Crippen LogP contribution is -2.36. The molecule has 88 valence electrons. The van der Waals surface area contributed by atoms with Crippen LogP contribution in [0.2, 0.25) is 0 Å². The van der Waals surface area contributed by atoms with Crippen LogP contribution in [0.3, 0.4) is 0 Å². The van der Waals surface area contributed by atoms with Gasteiger partial charge in [0.05, 0.1) is 13.0 Å². The van der Waals surface area contributed by atoms with Gasteiger partial charge in [-0.3, -0.25) is 9.80 Å². The molecule has 1 atom stereocenters. The highest BCUT2D eigenvalue weighted by Gasteiger charge is 2.21. The van der Waals surface area contributed by atoms with Gasteiger partial charge in [0.25, 0.3) is 0 Å². The van der Waals surface area contributed by atoms with Crippen LogP contribution in [0.1, 0.15) is 18.4 Å². The van der Waals surface area contributed by atoms with Gasteiger partial charge in [-0.15, -0.1) is 0 Å². The zero-order chi connectivity index (χ0) is 12.3. The molecule has 16 heavy (non-hydrogen) atoms. The van der Waals surface area contributed by atoms with E-state index in [4.69, 9.17) is 10.6 Å². The van der Waals surface area contributed by atoms with E-state index in [0.29, 0.717) is 11.3 Å². The van der Waals surface area contributed by atoms with Crippen molar-refractivity contribution in [2.75, 3.05) is 14.2 Å². The largest absolute Gasteiger partial charge is 0.496 e. The SMILES string of the molecule is COc1ccc(F)cc1C(C)C(=O)N(C)N. The number of likely N-dealkylation sites (N-methyl/N-ethyl adjacent to an activating group) is 1. The van der Waals surface area contributed by atoms with Gasteiger partial charge >= 0.3 is 0 Å². The molecule has 0 aliphatic carbocycles. The number of nitrogens with zero attached hydrogens (tertiary/aromatic N) is 1. The fourth-order valence-electron chi connectivity index (χ4n) is 1.48. The number of hydrogen-bond acceptors (Lipinski definition) is 3. The van der Waals surface area contributed by atoms with Gasteiger partial charge in [-0.2, -0.15) is 0 Å². The van der Waals surface area contributed by atoms with E-state index in [1.807, 2.05) is 0 Å². The average molecular weight is 226 g/mol. The summed E-state index contributed by atoms with van der Waals surface area (Å²) in [5.74, 6) is 4.58. The van der Waals surface area contributed by atoms with Gasteiger partial charge < -0.3 is 4.74 Å². The van der Waals surface area contributed by atoms with Crippen molar-refractivity contribution in [3.8, 4) is 5.75 Å². The number of rotatable bonds is 3. The van der Waals surface area contributed by atoms with Crippen molar-refractivity contribution in [2.45, 2.75) is 12.8 Å². The van der Waals surface area contributed by atoms with Gasteiger partial charge in [-0.25, -0.2) is 10.2 Å². The predicted molar refractivity (Wildman–Crippen MR) is 58.3 cm³/mol.